The number of benzene rings is 1. The normalized spacial score (nSPS) is 13.9. The van der Waals surface area contributed by atoms with Gasteiger partial charge in [0.15, 0.2) is 0 Å². The van der Waals surface area contributed by atoms with Gasteiger partial charge in [0.25, 0.3) is 21.8 Å². The monoisotopic (exact) mass is 406 g/mol. The van der Waals surface area contributed by atoms with Crippen molar-refractivity contribution >= 4 is 49.6 Å². The third-order valence-electron chi connectivity index (χ3n) is 3.62. The molecule has 0 unspecified atom stereocenters. The van der Waals surface area contributed by atoms with E-state index in [0.717, 1.165) is 27.6 Å². The van der Waals surface area contributed by atoms with E-state index in [0.29, 0.717) is 16.1 Å². The van der Waals surface area contributed by atoms with Crippen molar-refractivity contribution in [3.63, 3.8) is 0 Å². The number of hydrogen-bond acceptors (Lipinski definition) is 8. The van der Waals surface area contributed by atoms with E-state index in [1.165, 1.54) is 6.07 Å². The Morgan fingerprint density at radius 1 is 1.00 bits per heavy atom. The molecule has 0 saturated heterocycles. The SMILES string of the molecule is O=C1c2ccccc2C(=O)N1Cc1nnc(NS(=O)(=O)c2cccs2)s1. The second-order valence-electron chi connectivity index (χ2n) is 5.28. The van der Waals surface area contributed by atoms with Gasteiger partial charge in [0.05, 0.1) is 17.7 Å². The van der Waals surface area contributed by atoms with Gasteiger partial charge in [0, 0.05) is 0 Å². The molecule has 0 saturated carbocycles. The minimum Gasteiger partial charge on any atom is -0.269 e. The number of anilines is 1. The Morgan fingerprint density at radius 3 is 2.31 bits per heavy atom. The number of hydrogen-bond donors (Lipinski definition) is 1. The van der Waals surface area contributed by atoms with Crippen LogP contribution in [0.2, 0.25) is 0 Å². The first-order valence-corrected chi connectivity index (χ1v) is 10.5. The van der Waals surface area contributed by atoms with E-state index in [2.05, 4.69) is 14.9 Å². The number of rotatable bonds is 5. The number of nitrogens with zero attached hydrogens (tertiary/aromatic N) is 3. The minimum atomic E-state index is -3.72. The summed E-state index contributed by atoms with van der Waals surface area (Å²) in [6, 6.07) is 9.68. The van der Waals surface area contributed by atoms with Gasteiger partial charge in [0.1, 0.15) is 9.22 Å². The molecule has 0 aliphatic carbocycles. The van der Waals surface area contributed by atoms with Crippen molar-refractivity contribution < 1.29 is 18.0 Å². The Bertz CT molecular complexity index is 1070. The number of fused-ring (bicyclic) bond motifs is 1. The highest BCUT2D eigenvalue weighted by molar-refractivity contribution is 7.94. The molecule has 3 aromatic rings. The van der Waals surface area contributed by atoms with E-state index in [1.807, 2.05) is 0 Å². The molecule has 1 aromatic carbocycles. The summed E-state index contributed by atoms with van der Waals surface area (Å²) in [4.78, 5) is 25.8. The van der Waals surface area contributed by atoms with Gasteiger partial charge in [-0.3, -0.25) is 19.2 Å². The van der Waals surface area contributed by atoms with Crippen LogP contribution in [0.4, 0.5) is 5.13 Å². The van der Waals surface area contributed by atoms with Gasteiger partial charge in [0.2, 0.25) is 5.13 Å². The average Bonchev–Trinajstić information content (AvgIpc) is 3.34. The van der Waals surface area contributed by atoms with Crippen molar-refractivity contribution in [2.75, 3.05) is 4.72 Å². The van der Waals surface area contributed by atoms with Crippen LogP contribution in [-0.4, -0.2) is 35.3 Å². The van der Waals surface area contributed by atoms with Crippen LogP contribution in [0.5, 0.6) is 0 Å². The van der Waals surface area contributed by atoms with Gasteiger partial charge in [-0.25, -0.2) is 8.42 Å². The molecule has 0 bridgehead atoms. The maximum atomic E-state index is 12.4. The summed E-state index contributed by atoms with van der Waals surface area (Å²) in [5, 5.41) is 9.74. The maximum absolute atomic E-state index is 12.4. The van der Waals surface area contributed by atoms with Crippen molar-refractivity contribution in [2.45, 2.75) is 10.8 Å². The first-order valence-electron chi connectivity index (χ1n) is 7.29. The lowest BCUT2D eigenvalue weighted by atomic mass is 10.1. The molecule has 8 nitrogen and oxygen atoms in total. The summed E-state index contributed by atoms with van der Waals surface area (Å²) >= 11 is 2.06. The Morgan fingerprint density at radius 2 is 1.69 bits per heavy atom. The number of carbonyl (C=O) groups excluding carboxylic acids is 2. The zero-order chi connectivity index (χ0) is 18.3. The van der Waals surface area contributed by atoms with E-state index in [1.54, 1.807) is 35.7 Å². The van der Waals surface area contributed by atoms with Crippen LogP contribution >= 0.6 is 22.7 Å². The lowest BCUT2D eigenvalue weighted by Crippen LogP contribution is -2.29. The van der Waals surface area contributed by atoms with Gasteiger partial charge in [-0.05, 0) is 23.6 Å². The zero-order valence-corrected chi connectivity index (χ0v) is 15.4. The molecule has 0 fully saturated rings. The number of aromatic nitrogens is 2. The van der Waals surface area contributed by atoms with Gasteiger partial charge in [-0.15, -0.1) is 21.5 Å². The van der Waals surface area contributed by atoms with Crippen LogP contribution in [0.3, 0.4) is 0 Å². The lowest BCUT2D eigenvalue weighted by Gasteiger charge is -2.10. The second-order valence-corrected chi connectivity index (χ2v) is 9.20. The number of sulfonamides is 1. The molecule has 1 aliphatic rings. The Hall–Kier alpha value is -2.63. The first kappa shape index (κ1) is 16.8. The van der Waals surface area contributed by atoms with Crippen LogP contribution in [-0.2, 0) is 16.6 Å². The summed E-state index contributed by atoms with van der Waals surface area (Å²) in [6.45, 7) is -0.0647. The predicted octanol–water partition coefficient (Wildman–Crippen LogP) is 2.20. The van der Waals surface area contributed by atoms with E-state index < -0.39 is 21.8 Å². The molecule has 0 spiro atoms. The van der Waals surface area contributed by atoms with Crippen molar-refractivity contribution in [1.29, 1.82) is 0 Å². The summed E-state index contributed by atoms with van der Waals surface area (Å²) < 4.78 is 26.9. The molecule has 11 heteroatoms. The number of nitrogens with one attached hydrogen (secondary N) is 1. The van der Waals surface area contributed by atoms with Crippen LogP contribution in [0, 0.1) is 0 Å². The number of carbonyl (C=O) groups is 2. The Labute approximate surface area is 156 Å². The molecule has 4 rings (SSSR count). The molecule has 0 atom stereocenters. The smallest absolute Gasteiger partial charge is 0.269 e. The highest BCUT2D eigenvalue weighted by atomic mass is 32.2. The highest BCUT2D eigenvalue weighted by Gasteiger charge is 2.35. The van der Waals surface area contributed by atoms with Crippen LogP contribution in [0.15, 0.2) is 46.0 Å². The lowest BCUT2D eigenvalue weighted by molar-refractivity contribution is 0.0642. The highest BCUT2D eigenvalue weighted by Crippen LogP contribution is 2.27. The molecule has 2 amide bonds. The van der Waals surface area contributed by atoms with Crippen molar-refractivity contribution in [3.05, 3.63) is 57.9 Å². The molecule has 26 heavy (non-hydrogen) atoms. The van der Waals surface area contributed by atoms with Gasteiger partial charge < -0.3 is 0 Å². The van der Waals surface area contributed by atoms with E-state index in [-0.39, 0.29) is 15.9 Å². The second kappa shape index (κ2) is 6.27. The van der Waals surface area contributed by atoms with Crippen molar-refractivity contribution in [3.8, 4) is 0 Å². The van der Waals surface area contributed by atoms with E-state index in [4.69, 9.17) is 0 Å². The minimum absolute atomic E-state index is 0.0647. The summed E-state index contributed by atoms with van der Waals surface area (Å²) in [7, 11) is -3.72. The van der Waals surface area contributed by atoms with Crippen LogP contribution in [0.25, 0.3) is 0 Å². The van der Waals surface area contributed by atoms with Crippen LogP contribution in [0.1, 0.15) is 25.7 Å². The summed E-state index contributed by atoms with van der Waals surface area (Å²) in [5.41, 5.74) is 0.696. The first-order chi connectivity index (χ1) is 12.5. The van der Waals surface area contributed by atoms with Crippen molar-refractivity contribution in [2.24, 2.45) is 0 Å². The molecule has 1 N–H and O–H groups in total. The molecule has 3 heterocycles. The quantitative estimate of drug-likeness (QED) is 0.651. The Balaban J connectivity index is 1.52. The maximum Gasteiger partial charge on any atom is 0.273 e. The fourth-order valence-electron chi connectivity index (χ4n) is 2.46. The number of amides is 2. The number of imide groups is 1. The third kappa shape index (κ3) is 2.89. The van der Waals surface area contributed by atoms with Gasteiger partial charge in [-0.1, -0.05) is 29.5 Å². The fourth-order valence-corrected chi connectivity index (χ4v) is 5.41. The van der Waals surface area contributed by atoms with E-state index in [9.17, 15) is 18.0 Å². The third-order valence-corrected chi connectivity index (χ3v) is 7.31. The number of thiophene rings is 1. The molecule has 2 aromatic heterocycles. The van der Waals surface area contributed by atoms with Gasteiger partial charge in [-0.2, -0.15) is 0 Å². The molecule has 0 radical (unpaired) electrons. The molecule has 1 aliphatic heterocycles. The predicted molar refractivity (Wildman–Crippen MR) is 95.7 cm³/mol. The Kier molecular flexibility index (Phi) is 4.05. The molecular weight excluding hydrogens is 396 g/mol. The molecular formula is C15H10N4O4S3. The summed E-state index contributed by atoms with van der Waals surface area (Å²) in [6.07, 6.45) is 0. The molecule has 132 valence electrons. The van der Waals surface area contributed by atoms with Crippen LogP contribution < -0.4 is 4.72 Å². The van der Waals surface area contributed by atoms with Crippen molar-refractivity contribution in [1.82, 2.24) is 15.1 Å². The zero-order valence-electron chi connectivity index (χ0n) is 12.9. The van der Waals surface area contributed by atoms with E-state index >= 15 is 0 Å². The topological polar surface area (TPSA) is 109 Å². The fraction of sp³-hybridized carbons (Fsp3) is 0.0667. The average molecular weight is 406 g/mol. The largest absolute Gasteiger partial charge is 0.273 e. The standard InChI is InChI=1S/C15H10N4O4S3/c20-13-9-4-1-2-5-10(9)14(21)19(13)8-11-16-17-15(25-11)18-26(22,23)12-6-3-7-24-12/h1-7H,8H2,(H,17,18). The summed E-state index contributed by atoms with van der Waals surface area (Å²) in [5.74, 6) is -0.803. The van der Waals surface area contributed by atoms with Gasteiger partial charge >= 0.3 is 0 Å².